The van der Waals surface area contributed by atoms with Crippen molar-refractivity contribution in [3.63, 3.8) is 0 Å². The van der Waals surface area contributed by atoms with Gasteiger partial charge in [-0.3, -0.25) is 0 Å². The van der Waals surface area contributed by atoms with E-state index in [4.69, 9.17) is 20.5 Å². The van der Waals surface area contributed by atoms with Gasteiger partial charge in [-0.25, -0.2) is 0 Å². The predicted octanol–water partition coefficient (Wildman–Crippen LogP) is 3.58. The Balaban J connectivity index is -0.000000312. The van der Waals surface area contributed by atoms with Gasteiger partial charge in [0, 0.05) is 0 Å². The third kappa shape index (κ3) is 18.0. The third-order valence-corrected chi connectivity index (χ3v) is 2.58. The van der Waals surface area contributed by atoms with E-state index in [-0.39, 0.29) is 16.8 Å². The summed E-state index contributed by atoms with van der Waals surface area (Å²) < 4.78 is 0. The van der Waals surface area contributed by atoms with Gasteiger partial charge in [-0.2, -0.15) is 6.20 Å². The summed E-state index contributed by atoms with van der Waals surface area (Å²) in [5.74, 6) is 0. The molecular formula is C16H27CoN5O4+. The fraction of sp³-hybridized carbons (Fsp3) is 0.438. The van der Waals surface area contributed by atoms with E-state index in [1.165, 1.54) is 13.8 Å². The monoisotopic (exact) mass is 412 g/mol. The van der Waals surface area contributed by atoms with Crippen molar-refractivity contribution in [3.8, 4) is 0 Å². The van der Waals surface area contributed by atoms with Crippen LogP contribution in [0.15, 0.2) is 45.1 Å². The summed E-state index contributed by atoms with van der Waals surface area (Å²) in [5, 5.41) is 40.5. The second kappa shape index (κ2) is 20.7. The molecule has 1 heterocycles. The number of hydrogen-bond acceptors (Lipinski definition) is 8. The fourth-order valence-corrected chi connectivity index (χ4v) is 0.862. The van der Waals surface area contributed by atoms with Crippen molar-refractivity contribution < 1.29 is 37.2 Å². The van der Waals surface area contributed by atoms with Crippen LogP contribution in [0.5, 0.6) is 0 Å². The maximum absolute atomic E-state index is 8.30. The molecule has 0 saturated heterocycles. The molecule has 0 atom stereocenters. The maximum atomic E-state index is 8.30. The maximum Gasteiger partial charge on any atom is 3.00 e. The third-order valence-electron chi connectivity index (χ3n) is 2.58. The van der Waals surface area contributed by atoms with E-state index in [1.54, 1.807) is 20.0 Å². The summed E-state index contributed by atoms with van der Waals surface area (Å²) in [6.45, 7) is 11.3. The van der Waals surface area contributed by atoms with Crippen LogP contribution in [0.1, 0.15) is 34.1 Å². The second-order valence-electron chi connectivity index (χ2n) is 4.55. The van der Waals surface area contributed by atoms with Crippen LogP contribution in [0.3, 0.4) is 0 Å². The molecule has 0 aromatic carbocycles. The van der Waals surface area contributed by atoms with Gasteiger partial charge < -0.3 is 32.7 Å². The van der Waals surface area contributed by atoms with Gasteiger partial charge in [-0.1, -0.05) is 32.8 Å². The van der Waals surface area contributed by atoms with E-state index in [9.17, 15) is 0 Å². The molecule has 0 radical (unpaired) electrons. The molecule has 0 fully saturated rings. The van der Waals surface area contributed by atoms with E-state index >= 15 is 0 Å². The van der Waals surface area contributed by atoms with Gasteiger partial charge in [0.25, 0.3) is 0 Å². The molecule has 1 aliphatic heterocycles. The topological polar surface area (TPSA) is 133 Å². The van der Waals surface area contributed by atoms with E-state index in [0.717, 1.165) is 6.54 Å². The molecule has 148 valence electrons. The molecule has 0 amide bonds. The van der Waals surface area contributed by atoms with E-state index < -0.39 is 0 Å². The molecule has 9 nitrogen and oxygen atoms in total. The molecule has 3 N–H and O–H groups in total. The van der Waals surface area contributed by atoms with Crippen molar-refractivity contribution in [3.05, 3.63) is 36.7 Å². The number of rotatable bonds is 5. The van der Waals surface area contributed by atoms with Crippen molar-refractivity contribution in [2.75, 3.05) is 13.2 Å². The number of hydrogen-bond donors (Lipinski definition) is 3. The van der Waals surface area contributed by atoms with Gasteiger partial charge in [0.1, 0.15) is 22.8 Å². The smallest absolute Gasteiger partial charge is 0.687 e. The van der Waals surface area contributed by atoms with Gasteiger partial charge in [0.2, 0.25) is 0 Å². The molecule has 26 heavy (non-hydrogen) atoms. The molecule has 0 unspecified atom stereocenters. The first kappa shape index (κ1) is 28.5. The van der Waals surface area contributed by atoms with E-state index in [1.807, 2.05) is 18.2 Å². The molecule has 1 rings (SSSR count). The Morgan fingerprint density at radius 1 is 0.962 bits per heavy atom. The first-order valence-corrected chi connectivity index (χ1v) is 7.45. The summed E-state index contributed by atoms with van der Waals surface area (Å²) in [6.07, 6.45) is 8.41. The van der Waals surface area contributed by atoms with Crippen molar-refractivity contribution in [1.82, 2.24) is 0 Å². The van der Waals surface area contributed by atoms with Gasteiger partial charge >= 0.3 is 16.8 Å². The van der Waals surface area contributed by atoms with Crippen LogP contribution in [-0.2, 0) is 21.6 Å². The van der Waals surface area contributed by atoms with Crippen LogP contribution >= 0.6 is 0 Å². The fourth-order valence-electron chi connectivity index (χ4n) is 0.862. The molecule has 10 heteroatoms. The minimum atomic E-state index is 0. The van der Waals surface area contributed by atoms with Crippen molar-refractivity contribution in [1.29, 1.82) is 0 Å². The summed E-state index contributed by atoms with van der Waals surface area (Å²) in [6, 6.07) is 0. The predicted molar refractivity (Wildman–Crippen MR) is 100 cm³/mol. The standard InChI is InChI=1S/C7H13N2O2.C5H6N.C4H8N2O2.Co/c1-4-5-11-9-7(3)6(2)8-10;1-2-4-6-5-3-1;1-3(5-7)4(2)6-8;/h10H,1,4-5H2,2-3H3;1-4H,5H2;7-8H,1-2H3;/q2*-1;;+3. The Morgan fingerprint density at radius 3 is 1.73 bits per heavy atom. The Morgan fingerprint density at radius 2 is 1.46 bits per heavy atom. The van der Waals surface area contributed by atoms with Crippen LogP contribution < -0.4 is 0 Å². The zero-order chi connectivity index (χ0) is 19.5. The second-order valence-corrected chi connectivity index (χ2v) is 4.55. The zero-order valence-corrected chi connectivity index (χ0v) is 16.5. The van der Waals surface area contributed by atoms with Crippen LogP contribution in [0, 0.1) is 6.92 Å². The Kier molecular flexibility index (Phi) is 22.7. The van der Waals surface area contributed by atoms with Crippen molar-refractivity contribution >= 4 is 22.8 Å². The summed E-state index contributed by atoms with van der Waals surface area (Å²) >= 11 is 0. The summed E-state index contributed by atoms with van der Waals surface area (Å²) in [7, 11) is 0. The minimum absolute atomic E-state index is 0. The SMILES string of the molecule is C1=CC[N-]C=C1.CC(=NO)C(C)=NO.[CH2-]CCON=C(C)C(C)=NO.[Co+3]. The molecule has 0 saturated carbocycles. The van der Waals surface area contributed by atoms with E-state index in [0.29, 0.717) is 35.9 Å². The molecule has 0 bridgehead atoms. The summed E-state index contributed by atoms with van der Waals surface area (Å²) in [4.78, 5) is 4.80. The summed E-state index contributed by atoms with van der Waals surface area (Å²) in [5.41, 5.74) is 1.65. The van der Waals surface area contributed by atoms with Crippen molar-refractivity contribution in [2.24, 2.45) is 20.6 Å². The minimum Gasteiger partial charge on any atom is -0.687 e. The molecule has 0 aliphatic carbocycles. The number of allylic oxidation sites excluding steroid dienone is 2. The molecule has 1 aliphatic rings. The zero-order valence-electron chi connectivity index (χ0n) is 15.5. The average molecular weight is 412 g/mol. The Hall–Kier alpha value is -2.33. The largest absolute Gasteiger partial charge is 3.00 e. The van der Waals surface area contributed by atoms with Crippen LogP contribution in [-0.4, -0.2) is 51.6 Å². The van der Waals surface area contributed by atoms with Gasteiger partial charge in [-0.05, 0) is 27.7 Å². The van der Waals surface area contributed by atoms with Gasteiger partial charge in [0.05, 0.1) is 6.61 Å². The van der Waals surface area contributed by atoms with Crippen molar-refractivity contribution in [2.45, 2.75) is 34.1 Å². The average Bonchev–Trinajstić information content (AvgIpc) is 2.68. The molecule has 0 aromatic rings. The normalized spacial score (nSPS) is 14.0. The van der Waals surface area contributed by atoms with Crippen LogP contribution in [0.2, 0.25) is 0 Å². The molecule has 0 aromatic heterocycles. The van der Waals surface area contributed by atoms with Gasteiger partial charge in [0.15, 0.2) is 0 Å². The van der Waals surface area contributed by atoms with Gasteiger partial charge in [-0.15, -0.1) is 19.0 Å². The quantitative estimate of drug-likeness (QED) is 0.209. The van der Waals surface area contributed by atoms with E-state index in [2.05, 4.69) is 32.9 Å². The Labute approximate surface area is 165 Å². The molecule has 0 spiro atoms. The first-order valence-electron chi connectivity index (χ1n) is 7.45. The molecular weight excluding hydrogens is 385 g/mol. The Bertz CT molecular complexity index is 501. The first-order chi connectivity index (χ1) is 11.9. The number of oxime groups is 4. The van der Waals surface area contributed by atoms with Crippen LogP contribution in [0.4, 0.5) is 0 Å². The van der Waals surface area contributed by atoms with Crippen LogP contribution in [0.25, 0.3) is 5.32 Å². The number of nitrogens with zero attached hydrogens (tertiary/aromatic N) is 5.